The Morgan fingerprint density at radius 1 is 1.03 bits per heavy atom. The summed E-state index contributed by atoms with van der Waals surface area (Å²) in [6.45, 7) is -1.48. The van der Waals surface area contributed by atoms with Crippen LogP contribution in [0.2, 0.25) is 0 Å². The molecule has 0 spiro atoms. The van der Waals surface area contributed by atoms with Crippen molar-refractivity contribution in [3.63, 3.8) is 0 Å². The number of anilines is 1. The number of nitrogens with one attached hydrogen (secondary N) is 1. The molecular weight excluding hydrogens is 779 g/mol. The first-order chi connectivity index (χ1) is 15.5. The van der Waals surface area contributed by atoms with Crippen molar-refractivity contribution >= 4 is 91.2 Å². The van der Waals surface area contributed by atoms with Crippen molar-refractivity contribution in [3.8, 4) is 0 Å². The maximum absolute atomic E-state index is 13.5. The zero-order chi connectivity index (χ0) is 24.9. The minimum absolute atomic E-state index is 0.0309. The molecule has 1 fully saturated rings. The molecule has 1 aromatic carbocycles. The highest BCUT2D eigenvalue weighted by Crippen LogP contribution is 2.36. The van der Waals surface area contributed by atoms with Crippen molar-refractivity contribution in [2.45, 2.75) is 31.2 Å². The molecule has 3 atom stereocenters. The number of aliphatic hydroxyl groups excluding tert-OH is 4. The Morgan fingerprint density at radius 2 is 1.58 bits per heavy atom. The van der Waals surface area contributed by atoms with Gasteiger partial charge in [0.1, 0.15) is 6.10 Å². The third kappa shape index (κ3) is 7.07. The van der Waals surface area contributed by atoms with Crippen LogP contribution in [-0.2, 0) is 9.53 Å². The van der Waals surface area contributed by atoms with Crippen LogP contribution in [-0.4, -0.2) is 94.3 Å². The van der Waals surface area contributed by atoms with Gasteiger partial charge < -0.3 is 41.1 Å². The normalized spacial score (nSPS) is 17.5. The molecule has 1 aliphatic rings. The first-order valence-electron chi connectivity index (χ1n) is 9.83. The van der Waals surface area contributed by atoms with Gasteiger partial charge in [-0.15, -0.1) is 0 Å². The number of carbonyl (C=O) groups is 3. The molecular formula is C19H24I3N3O8. The Kier molecular flexibility index (Phi) is 11.4. The molecule has 3 amide bonds. The average molecular weight is 803 g/mol. The molecule has 33 heavy (non-hydrogen) atoms. The van der Waals surface area contributed by atoms with Crippen LogP contribution in [0.25, 0.3) is 0 Å². The average Bonchev–Trinajstić information content (AvgIpc) is 3.30. The van der Waals surface area contributed by atoms with Gasteiger partial charge >= 0.3 is 0 Å². The van der Waals surface area contributed by atoms with Crippen LogP contribution in [0.4, 0.5) is 5.69 Å². The van der Waals surface area contributed by atoms with E-state index >= 15 is 0 Å². The second kappa shape index (κ2) is 13.1. The van der Waals surface area contributed by atoms with Crippen molar-refractivity contribution in [2.75, 3.05) is 38.2 Å². The quantitative estimate of drug-likeness (QED) is 0.177. The van der Waals surface area contributed by atoms with Gasteiger partial charge in [0.05, 0.1) is 49.4 Å². The van der Waals surface area contributed by atoms with Gasteiger partial charge in [0.15, 0.2) is 0 Å². The summed E-state index contributed by atoms with van der Waals surface area (Å²) < 4.78 is 6.32. The molecule has 1 saturated heterocycles. The summed E-state index contributed by atoms with van der Waals surface area (Å²) in [6.07, 6.45) is -1.96. The molecule has 1 aromatic rings. The fraction of sp³-hybridized carbons (Fsp3) is 0.526. The van der Waals surface area contributed by atoms with Gasteiger partial charge in [0, 0.05) is 23.3 Å². The molecule has 14 heteroatoms. The van der Waals surface area contributed by atoms with Crippen LogP contribution in [0, 0.1) is 10.7 Å². The summed E-state index contributed by atoms with van der Waals surface area (Å²) in [5.74, 6) is -1.91. The molecule has 1 aliphatic heterocycles. The lowest BCUT2D eigenvalue weighted by Crippen LogP contribution is -2.44. The molecule has 11 nitrogen and oxygen atoms in total. The molecule has 1 heterocycles. The maximum Gasteiger partial charge on any atom is 0.256 e. The van der Waals surface area contributed by atoms with Gasteiger partial charge in [-0.2, -0.15) is 0 Å². The number of aliphatic hydroxyl groups is 4. The number of nitrogens with zero attached hydrogens (tertiary/aromatic N) is 1. The molecule has 0 aliphatic carbocycles. The van der Waals surface area contributed by atoms with Gasteiger partial charge in [-0.3, -0.25) is 14.4 Å². The van der Waals surface area contributed by atoms with Crippen LogP contribution in [0.3, 0.4) is 0 Å². The number of hydrogen-bond acceptors (Lipinski definition) is 8. The number of primary amides is 1. The summed E-state index contributed by atoms with van der Waals surface area (Å²) in [5, 5.41) is 41.0. The summed E-state index contributed by atoms with van der Waals surface area (Å²) in [4.78, 5) is 39.5. The van der Waals surface area contributed by atoms with E-state index in [0.717, 1.165) is 11.3 Å². The standard InChI is InChI=1S/C19H24I3N3O8/c20-13-11(17(23)30)14(21)16(24-18(31)10-2-1-3-33-10)15(22)12(13)19(32)25(4-8(28)6-26)5-9(29)7-27/h8-10,26-29H,1-7H2,(H2,23,30)(H,24,31). The van der Waals surface area contributed by atoms with E-state index < -0.39 is 49.2 Å². The number of benzene rings is 1. The lowest BCUT2D eigenvalue weighted by atomic mass is 10.1. The van der Waals surface area contributed by atoms with Gasteiger partial charge in [-0.05, 0) is 80.6 Å². The Bertz CT molecular complexity index is 899. The SMILES string of the molecule is NC(=O)c1c(I)c(NC(=O)C2CCCO2)c(I)c(C(=O)N(CC(O)CO)CC(O)CO)c1I. The van der Waals surface area contributed by atoms with Gasteiger partial charge in [-0.1, -0.05) is 0 Å². The second-order valence-electron chi connectivity index (χ2n) is 7.31. The Balaban J connectivity index is 2.58. The number of hydrogen-bond donors (Lipinski definition) is 6. The van der Waals surface area contributed by atoms with Crippen LogP contribution >= 0.6 is 67.8 Å². The lowest BCUT2D eigenvalue weighted by molar-refractivity contribution is -0.124. The van der Waals surface area contributed by atoms with Crippen LogP contribution in [0.5, 0.6) is 0 Å². The van der Waals surface area contributed by atoms with Crippen molar-refractivity contribution in [2.24, 2.45) is 5.73 Å². The zero-order valence-corrected chi connectivity index (χ0v) is 23.7. The Labute approximate surface area is 230 Å². The Morgan fingerprint density at radius 3 is 2.03 bits per heavy atom. The molecule has 0 saturated carbocycles. The predicted molar refractivity (Wildman–Crippen MR) is 143 cm³/mol. The summed E-state index contributed by atoms with van der Waals surface area (Å²) >= 11 is 5.56. The van der Waals surface area contributed by atoms with E-state index in [0.29, 0.717) is 20.2 Å². The fourth-order valence-corrected chi connectivity index (χ4v) is 7.62. The third-order valence-electron chi connectivity index (χ3n) is 4.82. The van der Waals surface area contributed by atoms with Gasteiger partial charge in [-0.25, -0.2) is 0 Å². The van der Waals surface area contributed by atoms with Crippen molar-refractivity contribution in [1.29, 1.82) is 0 Å². The fourth-order valence-electron chi connectivity index (χ4n) is 3.19. The topological polar surface area (TPSA) is 183 Å². The first kappa shape index (κ1) is 28.9. The largest absolute Gasteiger partial charge is 0.394 e. The van der Waals surface area contributed by atoms with E-state index in [-0.39, 0.29) is 33.5 Å². The number of carbonyl (C=O) groups excluding carboxylic acids is 3. The number of rotatable bonds is 10. The third-order valence-corrected chi connectivity index (χ3v) is 8.05. The highest BCUT2D eigenvalue weighted by atomic mass is 127. The molecule has 3 unspecified atom stereocenters. The number of nitrogens with two attached hydrogens (primary N) is 1. The molecule has 184 valence electrons. The number of halogens is 3. The molecule has 0 radical (unpaired) electrons. The van der Waals surface area contributed by atoms with E-state index in [1.54, 1.807) is 0 Å². The minimum atomic E-state index is -1.30. The molecule has 0 bridgehead atoms. The number of ether oxygens (including phenoxy) is 1. The molecule has 2 rings (SSSR count). The molecule has 0 aromatic heterocycles. The van der Waals surface area contributed by atoms with Gasteiger partial charge in [0.2, 0.25) is 0 Å². The van der Waals surface area contributed by atoms with E-state index in [1.807, 2.05) is 67.8 Å². The van der Waals surface area contributed by atoms with E-state index in [9.17, 15) is 34.8 Å². The predicted octanol–water partition coefficient (Wildman–Crippen LogP) is -0.135. The van der Waals surface area contributed by atoms with Crippen LogP contribution < -0.4 is 11.1 Å². The highest BCUT2D eigenvalue weighted by molar-refractivity contribution is 14.1. The Hall–Kier alpha value is -0.380. The van der Waals surface area contributed by atoms with E-state index in [1.165, 1.54) is 0 Å². The van der Waals surface area contributed by atoms with Crippen molar-refractivity contribution in [1.82, 2.24) is 4.90 Å². The second-order valence-corrected chi connectivity index (χ2v) is 10.5. The van der Waals surface area contributed by atoms with Crippen molar-refractivity contribution < 1.29 is 39.5 Å². The highest BCUT2D eigenvalue weighted by Gasteiger charge is 2.32. The zero-order valence-electron chi connectivity index (χ0n) is 17.3. The summed E-state index contributed by atoms with van der Waals surface area (Å²) in [5.41, 5.74) is 5.87. The maximum atomic E-state index is 13.5. The monoisotopic (exact) mass is 803 g/mol. The minimum Gasteiger partial charge on any atom is -0.394 e. The smallest absolute Gasteiger partial charge is 0.256 e. The van der Waals surface area contributed by atoms with Crippen LogP contribution in [0.1, 0.15) is 33.6 Å². The van der Waals surface area contributed by atoms with Gasteiger partial charge in [0.25, 0.3) is 17.7 Å². The summed E-state index contributed by atoms with van der Waals surface area (Å²) in [6, 6.07) is 0. The number of amides is 3. The lowest BCUT2D eigenvalue weighted by Gasteiger charge is -2.28. The molecule has 7 N–H and O–H groups in total. The van der Waals surface area contributed by atoms with E-state index in [2.05, 4.69) is 5.32 Å². The van der Waals surface area contributed by atoms with Crippen molar-refractivity contribution in [3.05, 3.63) is 21.8 Å². The first-order valence-corrected chi connectivity index (χ1v) is 13.1. The van der Waals surface area contributed by atoms with E-state index in [4.69, 9.17) is 10.5 Å². The summed E-state index contributed by atoms with van der Waals surface area (Å²) in [7, 11) is 0. The van der Waals surface area contributed by atoms with Crippen LogP contribution in [0.15, 0.2) is 0 Å².